The van der Waals surface area contributed by atoms with Crippen LogP contribution < -0.4 is 5.32 Å². The summed E-state index contributed by atoms with van der Waals surface area (Å²) in [4.78, 5) is 12.1. The maximum absolute atomic E-state index is 12.1. The predicted molar refractivity (Wildman–Crippen MR) is 67.7 cm³/mol. The second-order valence-electron chi connectivity index (χ2n) is 5.61. The first kappa shape index (κ1) is 12.9. The van der Waals surface area contributed by atoms with Gasteiger partial charge >= 0.3 is 0 Å². The minimum atomic E-state index is 0.186. The molecule has 3 nitrogen and oxygen atoms in total. The van der Waals surface area contributed by atoms with E-state index in [9.17, 15) is 4.79 Å². The van der Waals surface area contributed by atoms with E-state index in [1.54, 1.807) is 0 Å². The Labute approximate surface area is 104 Å². The molecule has 0 unspecified atom stereocenters. The predicted octanol–water partition coefficient (Wildman–Crippen LogP) is 2.50. The topological polar surface area (TPSA) is 38.3 Å². The first-order valence-corrected chi connectivity index (χ1v) is 7.12. The summed E-state index contributed by atoms with van der Waals surface area (Å²) in [6.07, 6.45) is 7.03. The van der Waals surface area contributed by atoms with Gasteiger partial charge in [-0.25, -0.2) is 0 Å². The van der Waals surface area contributed by atoms with Crippen LogP contribution in [0.5, 0.6) is 0 Å². The lowest BCUT2D eigenvalue weighted by molar-refractivity contribution is -0.127. The Hall–Kier alpha value is -0.570. The summed E-state index contributed by atoms with van der Waals surface area (Å²) >= 11 is 0. The first-order valence-electron chi connectivity index (χ1n) is 7.12. The van der Waals surface area contributed by atoms with Crippen molar-refractivity contribution in [1.29, 1.82) is 0 Å². The van der Waals surface area contributed by atoms with Crippen molar-refractivity contribution in [3.63, 3.8) is 0 Å². The number of ether oxygens (including phenoxy) is 1. The third kappa shape index (κ3) is 3.21. The van der Waals surface area contributed by atoms with Gasteiger partial charge < -0.3 is 10.1 Å². The second kappa shape index (κ2) is 5.85. The van der Waals surface area contributed by atoms with E-state index in [0.717, 1.165) is 31.8 Å². The Morgan fingerprint density at radius 2 is 1.94 bits per heavy atom. The fraction of sp³-hybridized carbons (Fsp3) is 0.929. The van der Waals surface area contributed by atoms with Crippen molar-refractivity contribution in [3.05, 3.63) is 0 Å². The lowest BCUT2D eigenvalue weighted by Gasteiger charge is -2.28. The number of hydrogen-bond donors (Lipinski definition) is 1. The Kier molecular flexibility index (Phi) is 4.43. The van der Waals surface area contributed by atoms with Crippen molar-refractivity contribution in [2.24, 2.45) is 11.8 Å². The minimum Gasteiger partial charge on any atom is -0.376 e. The second-order valence-corrected chi connectivity index (χ2v) is 5.61. The molecule has 1 saturated heterocycles. The molecule has 0 aromatic carbocycles. The quantitative estimate of drug-likeness (QED) is 0.821. The molecule has 1 saturated carbocycles. The summed E-state index contributed by atoms with van der Waals surface area (Å²) in [5.74, 6) is 1.38. The van der Waals surface area contributed by atoms with E-state index in [-0.39, 0.29) is 24.0 Å². The summed E-state index contributed by atoms with van der Waals surface area (Å²) < 4.78 is 5.47. The van der Waals surface area contributed by atoms with Crippen LogP contribution in [0.3, 0.4) is 0 Å². The van der Waals surface area contributed by atoms with Crippen LogP contribution in [-0.2, 0) is 9.53 Å². The summed E-state index contributed by atoms with van der Waals surface area (Å²) in [6.45, 7) is 5.09. The Balaban J connectivity index is 1.77. The van der Waals surface area contributed by atoms with Crippen molar-refractivity contribution in [2.45, 2.75) is 64.5 Å². The largest absolute Gasteiger partial charge is 0.376 e. The minimum absolute atomic E-state index is 0.186. The van der Waals surface area contributed by atoms with E-state index in [4.69, 9.17) is 4.74 Å². The number of nitrogens with one attached hydrogen (secondary N) is 1. The van der Waals surface area contributed by atoms with Crippen molar-refractivity contribution in [1.82, 2.24) is 5.32 Å². The molecule has 98 valence electrons. The zero-order valence-corrected chi connectivity index (χ0v) is 11.1. The molecule has 2 atom stereocenters. The van der Waals surface area contributed by atoms with Gasteiger partial charge in [0.25, 0.3) is 0 Å². The van der Waals surface area contributed by atoms with Crippen LogP contribution in [-0.4, -0.2) is 24.7 Å². The van der Waals surface area contributed by atoms with Crippen LogP contribution in [0.4, 0.5) is 0 Å². The molecule has 0 aromatic rings. The van der Waals surface area contributed by atoms with Gasteiger partial charge in [0, 0.05) is 12.5 Å². The monoisotopic (exact) mass is 239 g/mol. The molecule has 0 bridgehead atoms. The van der Waals surface area contributed by atoms with Crippen molar-refractivity contribution < 1.29 is 9.53 Å². The van der Waals surface area contributed by atoms with Gasteiger partial charge in [0.15, 0.2) is 0 Å². The standard InChI is InChI=1S/C14H25NO2/c1-3-11-4-6-12(7-5-11)14(16)15-13-8-9-17-10(13)2/h10-13H,3-9H2,1-2H3,(H,15,16)/t10-,11?,12?,13-/m0/s1. The number of amides is 1. The highest BCUT2D eigenvalue weighted by Crippen LogP contribution is 2.31. The van der Waals surface area contributed by atoms with Gasteiger partial charge in [-0.2, -0.15) is 0 Å². The summed E-state index contributed by atoms with van der Waals surface area (Å²) in [7, 11) is 0. The highest BCUT2D eigenvalue weighted by Gasteiger charge is 2.30. The SMILES string of the molecule is CCC1CCC(C(=O)N[C@H]2CCO[C@H]2C)CC1. The molecule has 2 fully saturated rings. The average Bonchev–Trinajstić information content (AvgIpc) is 2.75. The molecule has 3 heteroatoms. The van der Waals surface area contributed by atoms with Crippen molar-refractivity contribution in [2.75, 3.05) is 6.61 Å². The zero-order chi connectivity index (χ0) is 12.3. The third-order valence-corrected chi connectivity index (χ3v) is 4.50. The van der Waals surface area contributed by atoms with E-state index in [1.807, 2.05) is 6.92 Å². The van der Waals surface area contributed by atoms with Gasteiger partial charge in [-0.05, 0) is 44.9 Å². The van der Waals surface area contributed by atoms with Crippen molar-refractivity contribution in [3.8, 4) is 0 Å². The van der Waals surface area contributed by atoms with Gasteiger partial charge in [0.05, 0.1) is 12.1 Å². The molecular weight excluding hydrogens is 214 g/mol. The Bertz CT molecular complexity index is 259. The number of rotatable bonds is 3. The fourth-order valence-corrected chi connectivity index (χ4v) is 3.05. The van der Waals surface area contributed by atoms with E-state index >= 15 is 0 Å². The van der Waals surface area contributed by atoms with Crippen LogP contribution in [0.2, 0.25) is 0 Å². The van der Waals surface area contributed by atoms with Gasteiger partial charge in [0.1, 0.15) is 0 Å². The number of carbonyl (C=O) groups excluding carboxylic acids is 1. The molecule has 1 aliphatic carbocycles. The highest BCUT2D eigenvalue weighted by atomic mass is 16.5. The van der Waals surface area contributed by atoms with Gasteiger partial charge in [-0.15, -0.1) is 0 Å². The lowest BCUT2D eigenvalue weighted by atomic mass is 9.80. The fourth-order valence-electron chi connectivity index (χ4n) is 3.05. The van der Waals surface area contributed by atoms with Crippen LogP contribution in [0.1, 0.15) is 52.4 Å². The molecule has 17 heavy (non-hydrogen) atoms. The van der Waals surface area contributed by atoms with Gasteiger partial charge in [0.2, 0.25) is 5.91 Å². The maximum atomic E-state index is 12.1. The highest BCUT2D eigenvalue weighted by molar-refractivity contribution is 5.79. The van der Waals surface area contributed by atoms with E-state index in [0.29, 0.717) is 0 Å². The lowest BCUT2D eigenvalue weighted by Crippen LogP contribution is -2.43. The van der Waals surface area contributed by atoms with E-state index in [1.165, 1.54) is 19.3 Å². The van der Waals surface area contributed by atoms with Gasteiger partial charge in [-0.1, -0.05) is 13.3 Å². The molecule has 0 aromatic heterocycles. The van der Waals surface area contributed by atoms with Crippen LogP contribution >= 0.6 is 0 Å². The molecular formula is C14H25NO2. The average molecular weight is 239 g/mol. The Morgan fingerprint density at radius 3 is 2.47 bits per heavy atom. The van der Waals surface area contributed by atoms with Gasteiger partial charge in [-0.3, -0.25) is 4.79 Å². The molecule has 1 heterocycles. The third-order valence-electron chi connectivity index (χ3n) is 4.50. The zero-order valence-electron chi connectivity index (χ0n) is 11.1. The number of hydrogen-bond acceptors (Lipinski definition) is 2. The van der Waals surface area contributed by atoms with Crippen LogP contribution in [0, 0.1) is 11.8 Å². The summed E-state index contributed by atoms with van der Waals surface area (Å²) in [5.41, 5.74) is 0. The van der Waals surface area contributed by atoms with E-state index in [2.05, 4.69) is 12.2 Å². The normalized spacial score (nSPS) is 38.0. The molecule has 2 rings (SSSR count). The van der Waals surface area contributed by atoms with E-state index < -0.39 is 0 Å². The van der Waals surface area contributed by atoms with Crippen LogP contribution in [0.25, 0.3) is 0 Å². The summed E-state index contributed by atoms with van der Waals surface area (Å²) in [5, 5.41) is 3.17. The number of carbonyl (C=O) groups is 1. The molecule has 0 radical (unpaired) electrons. The van der Waals surface area contributed by atoms with Crippen LogP contribution in [0.15, 0.2) is 0 Å². The maximum Gasteiger partial charge on any atom is 0.223 e. The first-order chi connectivity index (χ1) is 8.20. The molecule has 0 spiro atoms. The van der Waals surface area contributed by atoms with Crippen molar-refractivity contribution >= 4 is 5.91 Å². The smallest absolute Gasteiger partial charge is 0.223 e. The molecule has 1 amide bonds. The molecule has 2 aliphatic rings. The molecule has 1 aliphatic heterocycles. The Morgan fingerprint density at radius 1 is 1.24 bits per heavy atom. The molecule has 1 N–H and O–H groups in total. The summed E-state index contributed by atoms with van der Waals surface area (Å²) in [6, 6.07) is 0.242.